The third-order valence-electron chi connectivity index (χ3n) is 6.79. The van der Waals surface area contributed by atoms with Crippen LogP contribution in [0.3, 0.4) is 0 Å². The first kappa shape index (κ1) is 28.8. The molecule has 0 aliphatic carbocycles. The number of allylic oxidation sites excluding steroid dienone is 1. The van der Waals surface area contributed by atoms with Crippen molar-refractivity contribution in [3.8, 4) is 5.75 Å². The molecule has 0 fully saturated rings. The highest BCUT2D eigenvalue weighted by molar-refractivity contribution is 7.07. The van der Waals surface area contributed by atoms with Gasteiger partial charge in [0.15, 0.2) is 4.80 Å². The molecule has 0 bridgehead atoms. The zero-order valence-electron chi connectivity index (χ0n) is 23.5. The summed E-state index contributed by atoms with van der Waals surface area (Å²) in [7, 11) is 1.34. The highest BCUT2D eigenvalue weighted by atomic mass is 32.1. The van der Waals surface area contributed by atoms with Crippen LogP contribution in [0.2, 0.25) is 0 Å². The minimum atomic E-state index is -0.642. The lowest BCUT2D eigenvalue weighted by molar-refractivity contribution is -0.136. The van der Waals surface area contributed by atoms with Crippen LogP contribution in [0, 0.1) is 0 Å². The smallest absolute Gasteiger partial charge is 0.338 e. The Labute approximate surface area is 246 Å². The average molecular weight is 583 g/mol. The van der Waals surface area contributed by atoms with Gasteiger partial charge < -0.3 is 14.2 Å². The maximum Gasteiger partial charge on any atom is 0.338 e. The predicted octanol–water partition coefficient (Wildman–Crippen LogP) is 4.55. The molecule has 1 atom stereocenters. The number of carbonyl (C=O) groups excluding carboxylic acids is 2. The monoisotopic (exact) mass is 582 g/mol. The van der Waals surface area contributed by atoms with Gasteiger partial charge in [0.1, 0.15) is 12.4 Å². The van der Waals surface area contributed by atoms with Gasteiger partial charge in [-0.15, -0.1) is 0 Å². The van der Waals surface area contributed by atoms with Crippen LogP contribution in [0.5, 0.6) is 5.75 Å². The summed E-state index contributed by atoms with van der Waals surface area (Å²) >= 11 is 1.28. The molecule has 3 aromatic carbocycles. The maximum atomic E-state index is 13.8. The second-order valence-electron chi connectivity index (χ2n) is 9.48. The molecule has 1 aromatic heterocycles. The van der Waals surface area contributed by atoms with Gasteiger partial charge in [0, 0.05) is 0 Å². The molecule has 0 saturated carbocycles. The first-order valence-corrected chi connectivity index (χ1v) is 14.4. The van der Waals surface area contributed by atoms with Gasteiger partial charge in [-0.2, -0.15) is 0 Å². The Bertz CT molecular complexity index is 1820. The molecule has 0 spiro atoms. The molecule has 1 aliphatic heterocycles. The number of methoxy groups -OCH3 is 1. The predicted molar refractivity (Wildman–Crippen MR) is 160 cm³/mol. The van der Waals surface area contributed by atoms with Crippen LogP contribution in [-0.4, -0.2) is 30.2 Å². The zero-order valence-corrected chi connectivity index (χ0v) is 24.4. The van der Waals surface area contributed by atoms with E-state index in [-0.39, 0.29) is 11.5 Å². The lowest BCUT2D eigenvalue weighted by Crippen LogP contribution is -2.40. The highest BCUT2D eigenvalue weighted by Gasteiger charge is 2.33. The van der Waals surface area contributed by atoms with Crippen LogP contribution in [0.25, 0.3) is 6.08 Å². The summed E-state index contributed by atoms with van der Waals surface area (Å²) in [6.07, 6.45) is 2.32. The summed E-state index contributed by atoms with van der Waals surface area (Å²) in [5.74, 6) is -0.223. The van der Waals surface area contributed by atoms with E-state index in [0.717, 1.165) is 16.7 Å². The van der Waals surface area contributed by atoms with E-state index in [2.05, 4.69) is 0 Å². The average Bonchev–Trinajstić information content (AvgIpc) is 3.33. The highest BCUT2D eigenvalue weighted by Crippen LogP contribution is 2.31. The Morgan fingerprint density at radius 1 is 0.976 bits per heavy atom. The van der Waals surface area contributed by atoms with E-state index in [9.17, 15) is 14.4 Å². The van der Waals surface area contributed by atoms with E-state index in [0.29, 0.717) is 51.6 Å². The third kappa shape index (κ3) is 5.96. The molecule has 0 amide bonds. The molecule has 9 heteroatoms. The molecule has 1 aliphatic rings. The lowest BCUT2D eigenvalue weighted by Gasteiger charge is -2.25. The number of thiazole rings is 1. The van der Waals surface area contributed by atoms with Crippen LogP contribution >= 0.6 is 11.3 Å². The van der Waals surface area contributed by atoms with Gasteiger partial charge in [-0.25, -0.2) is 14.6 Å². The summed E-state index contributed by atoms with van der Waals surface area (Å²) in [5.41, 5.74) is 3.72. The number of ether oxygens (including phenoxy) is 3. The lowest BCUT2D eigenvalue weighted by atomic mass is 9.95. The van der Waals surface area contributed by atoms with Crippen molar-refractivity contribution in [1.29, 1.82) is 0 Å². The molecular weight excluding hydrogens is 552 g/mol. The fraction of sp³-hybridized carbons (Fsp3) is 0.212. The minimum Gasteiger partial charge on any atom is -0.489 e. The maximum absolute atomic E-state index is 13.8. The molecule has 0 N–H and O–H groups in total. The normalized spacial score (nSPS) is 14.6. The van der Waals surface area contributed by atoms with E-state index in [1.807, 2.05) is 73.7 Å². The fourth-order valence-electron chi connectivity index (χ4n) is 4.78. The Morgan fingerprint density at radius 2 is 1.74 bits per heavy atom. The van der Waals surface area contributed by atoms with Crippen LogP contribution in [0.15, 0.2) is 99.9 Å². The van der Waals surface area contributed by atoms with E-state index in [1.165, 1.54) is 18.4 Å². The third-order valence-corrected chi connectivity index (χ3v) is 7.77. The molecule has 4 aromatic rings. The van der Waals surface area contributed by atoms with Gasteiger partial charge >= 0.3 is 11.9 Å². The van der Waals surface area contributed by atoms with E-state index >= 15 is 0 Å². The fourth-order valence-corrected chi connectivity index (χ4v) is 5.80. The molecule has 2 heterocycles. The minimum absolute atomic E-state index is 0.239. The zero-order chi connectivity index (χ0) is 29.6. The van der Waals surface area contributed by atoms with E-state index in [4.69, 9.17) is 19.2 Å². The number of aromatic nitrogens is 1. The number of fused-ring (bicyclic) bond motifs is 1. The van der Waals surface area contributed by atoms with Crippen molar-refractivity contribution in [3.05, 3.63) is 132 Å². The second kappa shape index (κ2) is 12.8. The van der Waals surface area contributed by atoms with Crippen LogP contribution < -0.4 is 19.6 Å². The van der Waals surface area contributed by atoms with Crippen molar-refractivity contribution in [3.63, 3.8) is 0 Å². The number of nitrogens with zero attached hydrogens (tertiary/aromatic N) is 2. The van der Waals surface area contributed by atoms with Crippen LogP contribution in [0.1, 0.15) is 53.4 Å². The number of rotatable bonds is 9. The summed E-state index contributed by atoms with van der Waals surface area (Å²) in [4.78, 5) is 43.8. The largest absolute Gasteiger partial charge is 0.489 e. The quantitative estimate of drug-likeness (QED) is 0.269. The van der Waals surface area contributed by atoms with E-state index in [1.54, 1.807) is 29.7 Å². The first-order valence-electron chi connectivity index (χ1n) is 13.6. The number of hydrogen-bond donors (Lipinski definition) is 0. The molecule has 0 saturated heterocycles. The van der Waals surface area contributed by atoms with Crippen molar-refractivity contribution in [2.45, 2.75) is 32.9 Å². The number of hydrogen-bond acceptors (Lipinski definition) is 8. The van der Waals surface area contributed by atoms with Gasteiger partial charge in [-0.3, -0.25) is 9.36 Å². The van der Waals surface area contributed by atoms with Crippen molar-refractivity contribution in [2.75, 3.05) is 13.7 Å². The standard InChI is InChI=1S/C33H30N2O6S/c1-4-26-28(32(38)39-3)29(23-11-7-6-8-12-23)35-30(36)27(42-33(35)34-26)19-22-10-9-13-25(18-22)41-20-21-14-16-24(17-15-21)31(37)40-5-2/h6-19,29H,4-5,20H2,1-3H3/b27-19+/t29-/m0/s1. The topological polar surface area (TPSA) is 96.2 Å². The molecular formula is C33H30N2O6S. The molecule has 42 heavy (non-hydrogen) atoms. The Hall–Kier alpha value is -4.76. The Balaban J connectivity index is 1.45. The second-order valence-corrected chi connectivity index (χ2v) is 10.5. The molecule has 0 unspecified atom stereocenters. The molecule has 0 radical (unpaired) electrons. The SMILES string of the molecule is CCOC(=O)c1ccc(COc2cccc(/C=c3/sc4n(c3=O)[C@@H](c3ccccc3)C(C(=O)OC)=C(CC)N=4)c2)cc1. The Kier molecular flexibility index (Phi) is 8.78. The van der Waals surface area contributed by atoms with Gasteiger partial charge in [0.25, 0.3) is 5.56 Å². The molecule has 214 valence electrons. The van der Waals surface area contributed by atoms with Crippen molar-refractivity contribution >= 4 is 29.4 Å². The van der Waals surface area contributed by atoms with Gasteiger partial charge in [-0.1, -0.05) is 72.9 Å². The van der Waals surface area contributed by atoms with Gasteiger partial charge in [0.2, 0.25) is 0 Å². The molecule has 8 nitrogen and oxygen atoms in total. The van der Waals surface area contributed by atoms with Crippen LogP contribution in [0.4, 0.5) is 0 Å². The van der Waals surface area contributed by atoms with E-state index < -0.39 is 12.0 Å². The summed E-state index contributed by atoms with van der Waals surface area (Å²) in [6.45, 7) is 4.33. The number of carbonyl (C=O) groups is 2. The van der Waals surface area contributed by atoms with Crippen molar-refractivity contribution in [2.24, 2.45) is 4.99 Å². The van der Waals surface area contributed by atoms with Crippen LogP contribution in [-0.2, 0) is 20.9 Å². The molecule has 5 rings (SSSR count). The van der Waals surface area contributed by atoms with Gasteiger partial charge in [0.05, 0.1) is 41.1 Å². The van der Waals surface area contributed by atoms with Gasteiger partial charge in [-0.05, 0) is 60.4 Å². The summed E-state index contributed by atoms with van der Waals surface area (Å²) in [6, 6.07) is 23.3. The summed E-state index contributed by atoms with van der Waals surface area (Å²) in [5, 5.41) is 0. The van der Waals surface area contributed by atoms with Crippen molar-refractivity contribution in [1.82, 2.24) is 4.57 Å². The van der Waals surface area contributed by atoms with Crippen molar-refractivity contribution < 1.29 is 23.8 Å². The number of benzene rings is 3. The summed E-state index contributed by atoms with van der Waals surface area (Å²) < 4.78 is 18.2. The Morgan fingerprint density at radius 3 is 2.43 bits per heavy atom. The number of esters is 2. The first-order chi connectivity index (χ1) is 20.4.